The van der Waals surface area contributed by atoms with Crippen LogP contribution in [-0.4, -0.2) is 36.9 Å². The van der Waals surface area contributed by atoms with E-state index in [-0.39, 0.29) is 17.2 Å². The first kappa shape index (κ1) is 20.1. The van der Waals surface area contributed by atoms with Gasteiger partial charge in [-0.25, -0.2) is 0 Å². The molecule has 0 saturated heterocycles. The summed E-state index contributed by atoms with van der Waals surface area (Å²) in [7, 11) is 0. The lowest BCUT2D eigenvalue weighted by Gasteiger charge is -2.20. The molecule has 0 aliphatic rings. The van der Waals surface area contributed by atoms with Crippen molar-refractivity contribution in [2.24, 2.45) is 0 Å². The minimum atomic E-state index is -0.262. The molecular weight excluding hydrogens is 370 g/mol. The average Bonchev–Trinajstić information content (AvgIpc) is 3.05. The minimum absolute atomic E-state index is 0.0300. The van der Waals surface area contributed by atoms with Crippen LogP contribution in [0.3, 0.4) is 0 Å². The molecule has 0 bridgehead atoms. The highest BCUT2D eigenvalue weighted by Crippen LogP contribution is 2.28. The Morgan fingerprint density at radius 2 is 1.79 bits per heavy atom. The first-order valence-electron chi connectivity index (χ1n) is 9.12. The van der Waals surface area contributed by atoms with Crippen LogP contribution >= 0.6 is 11.8 Å². The lowest BCUT2D eigenvalue weighted by atomic mass is 10.1. The van der Waals surface area contributed by atoms with E-state index in [1.807, 2.05) is 37.5 Å². The van der Waals surface area contributed by atoms with E-state index in [0.717, 1.165) is 17.1 Å². The summed E-state index contributed by atoms with van der Waals surface area (Å²) in [6.07, 6.45) is 3.47. The molecular formula is C21H25N5OS. The molecule has 0 spiro atoms. The van der Waals surface area contributed by atoms with Gasteiger partial charge >= 0.3 is 0 Å². The molecule has 2 heterocycles. The molecule has 28 heavy (non-hydrogen) atoms. The molecule has 1 N–H and O–H groups in total. The lowest BCUT2D eigenvalue weighted by molar-refractivity contribution is -0.119. The van der Waals surface area contributed by atoms with E-state index in [4.69, 9.17) is 0 Å². The highest BCUT2D eigenvalue weighted by Gasteiger charge is 2.19. The number of aryl methyl sites for hydroxylation is 2. The van der Waals surface area contributed by atoms with Crippen LogP contribution in [0.15, 0.2) is 47.9 Å². The molecule has 6 nitrogen and oxygen atoms in total. The minimum Gasteiger partial charge on any atom is -0.351 e. The van der Waals surface area contributed by atoms with Crippen molar-refractivity contribution in [3.63, 3.8) is 0 Å². The van der Waals surface area contributed by atoms with Gasteiger partial charge in [0.1, 0.15) is 0 Å². The van der Waals surface area contributed by atoms with Gasteiger partial charge in [-0.2, -0.15) is 0 Å². The van der Waals surface area contributed by atoms with Gasteiger partial charge in [0, 0.05) is 23.5 Å². The normalized spacial score (nSPS) is 11.5. The van der Waals surface area contributed by atoms with Crippen LogP contribution in [0.2, 0.25) is 0 Å². The monoisotopic (exact) mass is 395 g/mol. The Balaban J connectivity index is 1.97. The molecule has 0 saturated carbocycles. The van der Waals surface area contributed by atoms with Gasteiger partial charge in [-0.1, -0.05) is 17.8 Å². The first-order chi connectivity index (χ1) is 13.2. The van der Waals surface area contributed by atoms with E-state index in [0.29, 0.717) is 5.16 Å². The molecule has 2 aromatic heterocycles. The van der Waals surface area contributed by atoms with Crippen LogP contribution in [0, 0.1) is 13.8 Å². The van der Waals surface area contributed by atoms with Crippen molar-refractivity contribution in [3.05, 3.63) is 53.9 Å². The first-order valence-corrected chi connectivity index (χ1v) is 10.1. The number of thioether (sulfide) groups is 1. The predicted octanol–water partition coefficient (Wildman–Crippen LogP) is 3.95. The smallest absolute Gasteiger partial charge is 0.230 e. The lowest BCUT2D eigenvalue weighted by Crippen LogP contribution is -2.41. The zero-order valence-electron chi connectivity index (χ0n) is 16.9. The molecule has 0 atom stereocenters. The molecule has 0 unspecified atom stereocenters. The van der Waals surface area contributed by atoms with Crippen molar-refractivity contribution in [2.75, 3.05) is 5.75 Å². The van der Waals surface area contributed by atoms with Crippen molar-refractivity contribution in [1.82, 2.24) is 25.1 Å². The SMILES string of the molecule is Cc1ccc(-n2c(SCC(=O)NC(C)(C)C)nnc2-c2ccncc2)cc1C. The standard InChI is InChI=1S/C21H25N5OS/c1-14-6-7-17(12-15(14)2)26-19(16-8-10-22-11-9-16)24-25-20(26)28-13-18(27)23-21(3,4)5/h6-12H,13H2,1-5H3,(H,23,27). The zero-order valence-corrected chi connectivity index (χ0v) is 17.7. The number of pyridine rings is 1. The number of benzene rings is 1. The Kier molecular flexibility index (Phi) is 5.84. The third kappa shape index (κ3) is 4.78. The molecule has 0 fully saturated rings. The second kappa shape index (κ2) is 8.14. The maximum Gasteiger partial charge on any atom is 0.230 e. The third-order valence-electron chi connectivity index (χ3n) is 4.17. The molecule has 0 aliphatic carbocycles. The third-order valence-corrected chi connectivity index (χ3v) is 5.10. The van der Waals surface area contributed by atoms with Crippen molar-refractivity contribution in [2.45, 2.75) is 45.3 Å². The summed E-state index contributed by atoms with van der Waals surface area (Å²) >= 11 is 1.38. The maximum atomic E-state index is 12.3. The fraction of sp³-hybridized carbons (Fsp3) is 0.333. The van der Waals surface area contributed by atoms with E-state index in [1.165, 1.54) is 22.9 Å². The Hall–Kier alpha value is -2.67. The van der Waals surface area contributed by atoms with Crippen LogP contribution in [0.5, 0.6) is 0 Å². The molecule has 146 valence electrons. The number of rotatable bonds is 5. The van der Waals surface area contributed by atoms with Crippen molar-refractivity contribution in [1.29, 1.82) is 0 Å². The van der Waals surface area contributed by atoms with Gasteiger partial charge in [-0.15, -0.1) is 10.2 Å². The van der Waals surface area contributed by atoms with E-state index in [2.05, 4.69) is 52.5 Å². The van der Waals surface area contributed by atoms with Crippen LogP contribution in [-0.2, 0) is 4.79 Å². The van der Waals surface area contributed by atoms with E-state index in [9.17, 15) is 4.79 Å². The number of carbonyl (C=O) groups excluding carboxylic acids is 1. The number of carbonyl (C=O) groups is 1. The second-order valence-corrected chi connectivity index (χ2v) is 8.68. The van der Waals surface area contributed by atoms with Crippen LogP contribution in [0.25, 0.3) is 17.1 Å². The van der Waals surface area contributed by atoms with Crippen molar-refractivity contribution in [3.8, 4) is 17.1 Å². The van der Waals surface area contributed by atoms with E-state index >= 15 is 0 Å². The summed E-state index contributed by atoms with van der Waals surface area (Å²) in [4.78, 5) is 16.3. The molecule has 3 rings (SSSR count). The Labute approximate surface area is 169 Å². The number of nitrogens with one attached hydrogen (secondary N) is 1. The predicted molar refractivity (Wildman–Crippen MR) is 113 cm³/mol. The topological polar surface area (TPSA) is 72.7 Å². The summed E-state index contributed by atoms with van der Waals surface area (Å²) in [5, 5.41) is 12.4. The Morgan fingerprint density at radius 3 is 2.43 bits per heavy atom. The molecule has 3 aromatic rings. The van der Waals surface area contributed by atoms with E-state index in [1.54, 1.807) is 12.4 Å². The van der Waals surface area contributed by atoms with Crippen LogP contribution in [0.4, 0.5) is 0 Å². The zero-order chi connectivity index (χ0) is 20.3. The molecule has 0 aliphatic heterocycles. The number of nitrogens with zero attached hydrogens (tertiary/aromatic N) is 4. The quantitative estimate of drug-likeness (QED) is 0.662. The number of hydrogen-bond donors (Lipinski definition) is 1. The molecule has 1 amide bonds. The van der Waals surface area contributed by atoms with Crippen molar-refractivity contribution >= 4 is 17.7 Å². The Bertz CT molecular complexity index is 976. The summed E-state index contributed by atoms with van der Waals surface area (Å²) in [5.74, 6) is 0.971. The van der Waals surface area contributed by atoms with Crippen molar-refractivity contribution < 1.29 is 4.79 Å². The van der Waals surface area contributed by atoms with Gasteiger partial charge in [-0.05, 0) is 70.0 Å². The Morgan fingerprint density at radius 1 is 1.07 bits per heavy atom. The average molecular weight is 396 g/mol. The largest absolute Gasteiger partial charge is 0.351 e. The highest BCUT2D eigenvalue weighted by molar-refractivity contribution is 7.99. The van der Waals surface area contributed by atoms with Gasteiger partial charge < -0.3 is 5.32 Å². The fourth-order valence-electron chi connectivity index (χ4n) is 2.73. The number of aromatic nitrogens is 4. The van der Waals surface area contributed by atoms with Crippen LogP contribution < -0.4 is 5.32 Å². The fourth-order valence-corrected chi connectivity index (χ4v) is 3.49. The highest BCUT2D eigenvalue weighted by atomic mass is 32.2. The number of amides is 1. The van der Waals surface area contributed by atoms with Gasteiger partial charge in [0.2, 0.25) is 5.91 Å². The second-order valence-electron chi connectivity index (χ2n) is 7.73. The maximum absolute atomic E-state index is 12.3. The molecule has 0 radical (unpaired) electrons. The summed E-state index contributed by atoms with van der Waals surface area (Å²) in [6.45, 7) is 10.1. The summed E-state index contributed by atoms with van der Waals surface area (Å²) < 4.78 is 2.00. The van der Waals surface area contributed by atoms with Gasteiger partial charge in [-0.3, -0.25) is 14.3 Å². The molecule has 7 heteroatoms. The summed E-state index contributed by atoms with van der Waals surface area (Å²) in [5.41, 5.74) is 4.04. The van der Waals surface area contributed by atoms with E-state index < -0.39 is 0 Å². The number of hydrogen-bond acceptors (Lipinski definition) is 5. The molecule has 1 aromatic carbocycles. The van der Waals surface area contributed by atoms with Crippen LogP contribution in [0.1, 0.15) is 31.9 Å². The van der Waals surface area contributed by atoms with Gasteiger partial charge in [0.25, 0.3) is 0 Å². The van der Waals surface area contributed by atoms with Gasteiger partial charge in [0.05, 0.1) is 11.4 Å². The summed E-state index contributed by atoms with van der Waals surface area (Å²) in [6, 6.07) is 10.1. The van der Waals surface area contributed by atoms with Gasteiger partial charge in [0.15, 0.2) is 11.0 Å².